The Morgan fingerprint density at radius 3 is 2.08 bits per heavy atom. The predicted molar refractivity (Wildman–Crippen MR) is 46.5 cm³/mol. The van der Waals surface area contributed by atoms with Crippen molar-refractivity contribution >= 4 is 11.8 Å². The Morgan fingerprint density at radius 2 is 1.85 bits per heavy atom. The highest BCUT2D eigenvalue weighted by molar-refractivity contribution is 6.19. The lowest BCUT2D eigenvalue weighted by Crippen LogP contribution is -2.32. The van der Waals surface area contributed by atoms with Crippen molar-refractivity contribution in [2.45, 2.75) is 20.8 Å². The molecule has 0 atom stereocenters. The average molecular weight is 183 g/mol. The molecule has 1 aliphatic heterocycles. The molecule has 1 heterocycles. The summed E-state index contributed by atoms with van der Waals surface area (Å²) in [5, 5.41) is 8.78. The molecule has 4 nitrogen and oxygen atoms in total. The van der Waals surface area contributed by atoms with E-state index in [0.717, 1.165) is 4.90 Å². The monoisotopic (exact) mass is 183 g/mol. The maximum absolute atomic E-state index is 11.5. The Morgan fingerprint density at radius 1 is 1.31 bits per heavy atom. The molecule has 4 heteroatoms. The molecule has 0 bridgehead atoms. The zero-order valence-corrected chi connectivity index (χ0v) is 8.00. The van der Waals surface area contributed by atoms with Gasteiger partial charge in [0.2, 0.25) is 0 Å². The summed E-state index contributed by atoms with van der Waals surface area (Å²) in [5.41, 5.74) is 0.966. The van der Waals surface area contributed by atoms with E-state index in [1.807, 2.05) is 13.8 Å². The van der Waals surface area contributed by atoms with Crippen LogP contribution in [0, 0.1) is 5.92 Å². The van der Waals surface area contributed by atoms with Gasteiger partial charge in [-0.2, -0.15) is 0 Å². The molecule has 0 unspecified atom stereocenters. The molecule has 1 N–H and O–H groups in total. The summed E-state index contributed by atoms with van der Waals surface area (Å²) in [5.74, 6) is -0.718. The highest BCUT2D eigenvalue weighted by atomic mass is 16.3. The summed E-state index contributed by atoms with van der Waals surface area (Å²) in [6, 6.07) is 0. The van der Waals surface area contributed by atoms with Crippen molar-refractivity contribution in [3.63, 3.8) is 0 Å². The first-order valence-electron chi connectivity index (χ1n) is 4.18. The number of nitrogens with zero attached hydrogens (tertiary/aromatic N) is 1. The minimum Gasteiger partial charge on any atom is -0.376 e. The van der Waals surface area contributed by atoms with E-state index < -0.39 is 6.73 Å². The molecule has 0 radical (unpaired) electrons. The number of rotatable bonds is 2. The molecule has 0 aromatic heterocycles. The minimum atomic E-state index is -0.536. The first kappa shape index (κ1) is 9.92. The quantitative estimate of drug-likeness (QED) is 0.625. The smallest absolute Gasteiger partial charge is 0.259 e. The van der Waals surface area contributed by atoms with Crippen molar-refractivity contribution in [3.8, 4) is 0 Å². The molecule has 72 valence electrons. The van der Waals surface area contributed by atoms with Gasteiger partial charge in [-0.25, -0.2) is 0 Å². The Labute approximate surface area is 76.8 Å². The maximum Gasteiger partial charge on any atom is 0.259 e. The molecule has 0 aromatic carbocycles. The van der Waals surface area contributed by atoms with Crippen LogP contribution in [0.2, 0.25) is 0 Å². The van der Waals surface area contributed by atoms with E-state index in [0.29, 0.717) is 11.1 Å². The normalized spacial score (nSPS) is 18.1. The molecule has 2 amide bonds. The summed E-state index contributed by atoms with van der Waals surface area (Å²) < 4.78 is 0. The number of hydrogen-bond acceptors (Lipinski definition) is 3. The molecule has 0 aliphatic carbocycles. The second kappa shape index (κ2) is 3.30. The van der Waals surface area contributed by atoms with Crippen LogP contribution in [0.5, 0.6) is 0 Å². The molecule has 0 saturated heterocycles. The van der Waals surface area contributed by atoms with Gasteiger partial charge in [0, 0.05) is 11.1 Å². The fourth-order valence-corrected chi connectivity index (χ4v) is 1.52. The lowest BCUT2D eigenvalue weighted by Gasteiger charge is -2.11. The zero-order chi connectivity index (χ0) is 10.2. The van der Waals surface area contributed by atoms with Gasteiger partial charge in [-0.1, -0.05) is 13.8 Å². The molecule has 1 aliphatic rings. The molecule has 0 spiro atoms. The van der Waals surface area contributed by atoms with Crippen LogP contribution in [0.25, 0.3) is 0 Å². The van der Waals surface area contributed by atoms with Crippen LogP contribution in [0.4, 0.5) is 0 Å². The lowest BCUT2D eigenvalue weighted by molar-refractivity contribution is -0.141. The lowest BCUT2D eigenvalue weighted by atomic mass is 10.00. The topological polar surface area (TPSA) is 57.6 Å². The first-order chi connectivity index (χ1) is 6.00. The molecule has 13 heavy (non-hydrogen) atoms. The van der Waals surface area contributed by atoms with Gasteiger partial charge in [-0.15, -0.1) is 0 Å². The Hall–Kier alpha value is -1.16. The van der Waals surface area contributed by atoms with E-state index in [-0.39, 0.29) is 17.7 Å². The van der Waals surface area contributed by atoms with Gasteiger partial charge >= 0.3 is 0 Å². The summed E-state index contributed by atoms with van der Waals surface area (Å²) >= 11 is 0. The first-order valence-corrected chi connectivity index (χ1v) is 4.18. The highest BCUT2D eigenvalue weighted by Gasteiger charge is 2.36. The number of aliphatic hydroxyl groups is 1. The van der Waals surface area contributed by atoms with E-state index in [2.05, 4.69) is 0 Å². The summed E-state index contributed by atoms with van der Waals surface area (Å²) in [6.07, 6.45) is 0. The largest absolute Gasteiger partial charge is 0.376 e. The summed E-state index contributed by atoms with van der Waals surface area (Å²) in [4.78, 5) is 23.7. The molecule has 0 fully saturated rings. The van der Waals surface area contributed by atoms with Crippen molar-refractivity contribution in [3.05, 3.63) is 11.1 Å². The van der Waals surface area contributed by atoms with Crippen LogP contribution in [-0.4, -0.2) is 28.6 Å². The SMILES string of the molecule is CC1=C(C(C)C)C(=O)N(CO)C1=O. The molecule has 0 aromatic rings. The molecular weight excluding hydrogens is 170 g/mol. The van der Waals surface area contributed by atoms with Crippen LogP contribution >= 0.6 is 0 Å². The number of amides is 2. The van der Waals surface area contributed by atoms with Gasteiger partial charge in [0.25, 0.3) is 11.8 Å². The van der Waals surface area contributed by atoms with Crippen molar-refractivity contribution in [1.29, 1.82) is 0 Å². The van der Waals surface area contributed by atoms with Crippen LogP contribution in [-0.2, 0) is 9.59 Å². The zero-order valence-electron chi connectivity index (χ0n) is 8.00. The Kier molecular flexibility index (Phi) is 2.52. The third-order valence-electron chi connectivity index (χ3n) is 2.16. The Bertz CT molecular complexity index is 291. The molecule has 1 rings (SSSR count). The predicted octanol–water partition coefficient (Wildman–Crippen LogP) is 0.278. The van der Waals surface area contributed by atoms with Gasteiger partial charge in [-0.3, -0.25) is 14.5 Å². The van der Waals surface area contributed by atoms with Crippen molar-refractivity contribution < 1.29 is 14.7 Å². The van der Waals surface area contributed by atoms with Crippen LogP contribution in [0.1, 0.15) is 20.8 Å². The van der Waals surface area contributed by atoms with E-state index in [1.165, 1.54) is 0 Å². The van der Waals surface area contributed by atoms with E-state index in [1.54, 1.807) is 6.92 Å². The molecular formula is C9H13NO3. The Balaban J connectivity index is 3.09. The third kappa shape index (κ3) is 1.37. The van der Waals surface area contributed by atoms with Gasteiger partial charge in [-0.05, 0) is 12.8 Å². The number of hydrogen-bond donors (Lipinski definition) is 1. The fraction of sp³-hybridized carbons (Fsp3) is 0.556. The van der Waals surface area contributed by atoms with E-state index in [9.17, 15) is 9.59 Å². The summed E-state index contributed by atoms with van der Waals surface area (Å²) in [6.45, 7) is 4.78. The van der Waals surface area contributed by atoms with Crippen molar-refractivity contribution in [2.75, 3.05) is 6.73 Å². The van der Waals surface area contributed by atoms with Crippen molar-refractivity contribution in [2.24, 2.45) is 5.92 Å². The number of carbonyl (C=O) groups is 2. The van der Waals surface area contributed by atoms with Crippen LogP contribution in [0.15, 0.2) is 11.1 Å². The standard InChI is InChI=1S/C9H13NO3/c1-5(2)7-6(3)8(12)10(4-11)9(7)13/h5,11H,4H2,1-3H3. The fourth-order valence-electron chi connectivity index (χ4n) is 1.52. The maximum atomic E-state index is 11.5. The second-order valence-electron chi connectivity index (χ2n) is 3.37. The number of carbonyl (C=O) groups excluding carboxylic acids is 2. The van der Waals surface area contributed by atoms with E-state index in [4.69, 9.17) is 5.11 Å². The number of imide groups is 1. The molecule has 0 saturated carbocycles. The van der Waals surface area contributed by atoms with Crippen molar-refractivity contribution in [1.82, 2.24) is 4.90 Å². The van der Waals surface area contributed by atoms with Crippen LogP contribution in [0.3, 0.4) is 0 Å². The average Bonchev–Trinajstić information content (AvgIpc) is 2.24. The van der Waals surface area contributed by atoms with Gasteiger partial charge < -0.3 is 5.11 Å². The highest BCUT2D eigenvalue weighted by Crippen LogP contribution is 2.25. The van der Waals surface area contributed by atoms with Gasteiger partial charge in [0.1, 0.15) is 6.73 Å². The van der Waals surface area contributed by atoms with Gasteiger partial charge in [0.05, 0.1) is 0 Å². The second-order valence-corrected chi connectivity index (χ2v) is 3.37. The summed E-state index contributed by atoms with van der Waals surface area (Å²) in [7, 11) is 0. The van der Waals surface area contributed by atoms with Gasteiger partial charge in [0.15, 0.2) is 0 Å². The van der Waals surface area contributed by atoms with E-state index >= 15 is 0 Å². The number of aliphatic hydroxyl groups excluding tert-OH is 1. The van der Waals surface area contributed by atoms with Crippen LogP contribution < -0.4 is 0 Å². The third-order valence-corrected chi connectivity index (χ3v) is 2.16. The minimum absolute atomic E-state index is 0.0213.